The Bertz CT molecular complexity index is 915. The molecule has 1 amide bonds. The molecule has 0 spiro atoms. The van der Waals surface area contributed by atoms with Gasteiger partial charge in [0.15, 0.2) is 5.96 Å². The summed E-state index contributed by atoms with van der Waals surface area (Å²) >= 11 is 0. The highest BCUT2D eigenvalue weighted by Gasteiger charge is 2.18. The van der Waals surface area contributed by atoms with E-state index in [1.165, 1.54) is 0 Å². The van der Waals surface area contributed by atoms with Gasteiger partial charge in [-0.3, -0.25) is 9.79 Å². The predicted molar refractivity (Wildman–Crippen MR) is 139 cm³/mol. The third kappa shape index (κ3) is 8.73. The first-order valence-electron chi connectivity index (χ1n) is 10.8. The quantitative estimate of drug-likeness (QED) is 0.245. The molecule has 180 valence electrons. The van der Waals surface area contributed by atoms with E-state index in [0.717, 1.165) is 41.2 Å². The number of halogens is 1. The lowest BCUT2D eigenvalue weighted by atomic mass is 10.1. The number of hydrogen-bond donors (Lipinski definition) is 3. The Morgan fingerprint density at radius 3 is 2.58 bits per heavy atom. The number of nitrogens with one attached hydrogen (secondary N) is 3. The summed E-state index contributed by atoms with van der Waals surface area (Å²) in [6, 6.07) is 13.7. The Balaban J connectivity index is 0.00000385. The van der Waals surface area contributed by atoms with Gasteiger partial charge in [0.2, 0.25) is 5.91 Å². The first kappa shape index (κ1) is 26.7. The second-order valence-electron chi connectivity index (χ2n) is 7.62. The van der Waals surface area contributed by atoms with Crippen LogP contribution in [0.1, 0.15) is 23.1 Å². The van der Waals surface area contributed by atoms with Crippen LogP contribution in [-0.2, 0) is 22.6 Å². The van der Waals surface area contributed by atoms with E-state index in [4.69, 9.17) is 14.2 Å². The molecule has 3 rings (SSSR count). The van der Waals surface area contributed by atoms with Crippen LogP contribution < -0.4 is 25.4 Å². The number of methoxy groups -OCH3 is 1. The number of aliphatic imine (C=N–C) groups is 1. The van der Waals surface area contributed by atoms with Crippen molar-refractivity contribution in [1.82, 2.24) is 16.0 Å². The van der Waals surface area contributed by atoms with E-state index in [0.29, 0.717) is 25.7 Å². The Kier molecular flexibility index (Phi) is 11.2. The fraction of sp³-hybridized carbons (Fsp3) is 0.417. The van der Waals surface area contributed by atoms with Crippen molar-refractivity contribution in [3.63, 3.8) is 0 Å². The smallest absolute Gasteiger partial charge is 0.239 e. The molecule has 0 bridgehead atoms. The summed E-state index contributed by atoms with van der Waals surface area (Å²) in [4.78, 5) is 16.4. The lowest BCUT2D eigenvalue weighted by Gasteiger charge is -2.18. The zero-order valence-electron chi connectivity index (χ0n) is 19.3. The van der Waals surface area contributed by atoms with E-state index < -0.39 is 0 Å². The summed E-state index contributed by atoms with van der Waals surface area (Å²) in [6.07, 6.45) is 0.984. The maximum atomic E-state index is 12.2. The number of carbonyl (C=O) groups is 1. The van der Waals surface area contributed by atoms with Gasteiger partial charge in [0.05, 0.1) is 26.9 Å². The minimum Gasteiger partial charge on any atom is -0.497 e. The topological polar surface area (TPSA) is 93.2 Å². The molecule has 9 heteroatoms. The van der Waals surface area contributed by atoms with E-state index in [2.05, 4.69) is 27.0 Å². The van der Waals surface area contributed by atoms with Gasteiger partial charge in [-0.2, -0.15) is 0 Å². The van der Waals surface area contributed by atoms with Crippen molar-refractivity contribution in [2.75, 3.05) is 33.9 Å². The molecule has 3 N–H and O–H groups in total. The Labute approximate surface area is 212 Å². The van der Waals surface area contributed by atoms with Crippen molar-refractivity contribution < 1.29 is 19.0 Å². The van der Waals surface area contributed by atoms with Crippen molar-refractivity contribution in [3.05, 3.63) is 59.2 Å². The summed E-state index contributed by atoms with van der Waals surface area (Å²) < 4.78 is 16.7. The lowest BCUT2D eigenvalue weighted by molar-refractivity contribution is -0.120. The number of benzene rings is 2. The zero-order valence-corrected chi connectivity index (χ0v) is 21.7. The van der Waals surface area contributed by atoms with Crippen molar-refractivity contribution in [2.45, 2.75) is 32.5 Å². The standard InChI is InChI=1S/C24H32N4O4.HI/c1-17-4-7-19(22(12-17)32-21-10-11-31-16-21)14-27-24(25-2)28-15-23(29)26-13-18-5-8-20(30-3)9-6-18;/h4-9,12,21H,10-11,13-16H2,1-3H3,(H,26,29)(H2,25,27,28);1H. The third-order valence-electron chi connectivity index (χ3n) is 5.14. The van der Waals surface area contributed by atoms with Crippen molar-refractivity contribution in [1.29, 1.82) is 0 Å². The monoisotopic (exact) mass is 568 g/mol. The van der Waals surface area contributed by atoms with Crippen LogP contribution in [0.25, 0.3) is 0 Å². The number of hydrogen-bond acceptors (Lipinski definition) is 5. The Morgan fingerprint density at radius 1 is 1.12 bits per heavy atom. The molecule has 1 saturated heterocycles. The van der Waals surface area contributed by atoms with Crippen LogP contribution in [0.2, 0.25) is 0 Å². The molecule has 1 aliphatic heterocycles. The number of carbonyl (C=O) groups excluding carboxylic acids is 1. The largest absolute Gasteiger partial charge is 0.497 e. The van der Waals surface area contributed by atoms with Gasteiger partial charge in [0.25, 0.3) is 0 Å². The fourth-order valence-electron chi connectivity index (χ4n) is 3.27. The van der Waals surface area contributed by atoms with Crippen molar-refractivity contribution >= 4 is 35.8 Å². The molecule has 2 aromatic rings. The van der Waals surface area contributed by atoms with Crippen molar-refractivity contribution in [3.8, 4) is 11.5 Å². The minimum absolute atomic E-state index is 0. The maximum Gasteiger partial charge on any atom is 0.239 e. The molecule has 1 atom stereocenters. The van der Waals surface area contributed by atoms with E-state index in [1.54, 1.807) is 14.2 Å². The van der Waals surface area contributed by atoms with Gasteiger partial charge in [-0.05, 0) is 36.2 Å². The average Bonchev–Trinajstić information content (AvgIpc) is 3.32. The minimum atomic E-state index is -0.121. The van der Waals surface area contributed by atoms with Crippen LogP contribution in [0.3, 0.4) is 0 Å². The molecular weight excluding hydrogens is 535 g/mol. The third-order valence-corrected chi connectivity index (χ3v) is 5.14. The SMILES string of the molecule is CN=C(NCC(=O)NCc1ccc(OC)cc1)NCc1ccc(C)cc1OC1CCOC1.I. The van der Waals surface area contributed by atoms with Crippen LogP contribution in [0, 0.1) is 6.92 Å². The number of amides is 1. The highest BCUT2D eigenvalue weighted by atomic mass is 127. The van der Waals surface area contributed by atoms with Crippen LogP contribution in [-0.4, -0.2) is 51.9 Å². The van der Waals surface area contributed by atoms with E-state index >= 15 is 0 Å². The molecular formula is C24H33IN4O4. The van der Waals surface area contributed by atoms with Gasteiger partial charge >= 0.3 is 0 Å². The van der Waals surface area contributed by atoms with E-state index in [9.17, 15) is 4.79 Å². The molecule has 0 aromatic heterocycles. The first-order chi connectivity index (χ1) is 15.6. The second kappa shape index (κ2) is 13.9. The van der Waals surface area contributed by atoms with E-state index in [1.807, 2.05) is 43.3 Å². The highest BCUT2D eigenvalue weighted by Crippen LogP contribution is 2.23. The number of aryl methyl sites for hydroxylation is 1. The Hall–Kier alpha value is -2.53. The van der Waals surface area contributed by atoms with Crippen LogP contribution >= 0.6 is 24.0 Å². The molecule has 1 aliphatic rings. The van der Waals surface area contributed by atoms with Gasteiger partial charge < -0.3 is 30.2 Å². The molecule has 2 aromatic carbocycles. The maximum absolute atomic E-state index is 12.2. The highest BCUT2D eigenvalue weighted by molar-refractivity contribution is 14.0. The van der Waals surface area contributed by atoms with Crippen LogP contribution in [0.4, 0.5) is 0 Å². The normalized spacial score (nSPS) is 15.4. The second-order valence-corrected chi connectivity index (χ2v) is 7.62. The Morgan fingerprint density at radius 2 is 1.91 bits per heavy atom. The van der Waals surface area contributed by atoms with Gasteiger partial charge in [0.1, 0.15) is 17.6 Å². The molecule has 8 nitrogen and oxygen atoms in total. The van der Waals surface area contributed by atoms with Crippen LogP contribution in [0.5, 0.6) is 11.5 Å². The molecule has 33 heavy (non-hydrogen) atoms. The summed E-state index contributed by atoms with van der Waals surface area (Å²) in [5.74, 6) is 2.06. The number of ether oxygens (including phenoxy) is 3. The zero-order chi connectivity index (χ0) is 22.8. The molecule has 1 heterocycles. The summed E-state index contributed by atoms with van der Waals surface area (Å²) in [5, 5.41) is 9.18. The fourth-order valence-corrected chi connectivity index (χ4v) is 3.27. The number of guanidine groups is 1. The number of rotatable bonds is 9. The number of nitrogens with zero attached hydrogens (tertiary/aromatic N) is 1. The molecule has 1 fully saturated rings. The van der Waals surface area contributed by atoms with Gasteiger partial charge in [-0.1, -0.05) is 24.3 Å². The summed E-state index contributed by atoms with van der Waals surface area (Å²) in [5.41, 5.74) is 3.16. The summed E-state index contributed by atoms with van der Waals surface area (Å²) in [6.45, 7) is 4.49. The van der Waals surface area contributed by atoms with Crippen LogP contribution in [0.15, 0.2) is 47.5 Å². The molecule has 0 aliphatic carbocycles. The molecule has 1 unspecified atom stereocenters. The van der Waals surface area contributed by atoms with Gasteiger partial charge in [-0.25, -0.2) is 0 Å². The summed E-state index contributed by atoms with van der Waals surface area (Å²) in [7, 11) is 3.30. The first-order valence-corrected chi connectivity index (χ1v) is 10.8. The van der Waals surface area contributed by atoms with Gasteiger partial charge in [0, 0.05) is 32.1 Å². The lowest BCUT2D eigenvalue weighted by Crippen LogP contribution is -2.42. The van der Waals surface area contributed by atoms with Crippen molar-refractivity contribution in [2.24, 2.45) is 4.99 Å². The molecule has 0 radical (unpaired) electrons. The van der Waals surface area contributed by atoms with Gasteiger partial charge in [-0.15, -0.1) is 24.0 Å². The average molecular weight is 568 g/mol. The predicted octanol–water partition coefficient (Wildman–Crippen LogP) is 2.77. The molecule has 0 saturated carbocycles. The van der Waals surface area contributed by atoms with E-state index in [-0.39, 0.29) is 42.5 Å².